The molecule has 0 aliphatic carbocycles. The molecule has 0 atom stereocenters. The van der Waals surface area contributed by atoms with Crippen LogP contribution in [0.25, 0.3) is 0 Å². The highest BCUT2D eigenvalue weighted by molar-refractivity contribution is 5.67. The van der Waals surface area contributed by atoms with E-state index in [1.165, 1.54) is 22.5 Å². The summed E-state index contributed by atoms with van der Waals surface area (Å²) in [5.74, 6) is 0. The zero-order chi connectivity index (χ0) is 10.1. The molecule has 0 fully saturated rings. The van der Waals surface area contributed by atoms with E-state index in [9.17, 15) is 0 Å². The van der Waals surface area contributed by atoms with Crippen molar-refractivity contribution in [2.75, 3.05) is 5.32 Å². The molecule has 1 N–H and O–H groups in total. The van der Waals surface area contributed by atoms with Crippen LogP contribution in [0.15, 0.2) is 42.5 Å². The average Bonchev–Trinajstić information content (AvgIpc) is 2.48. The Morgan fingerprint density at radius 3 is 2.73 bits per heavy atom. The van der Waals surface area contributed by atoms with Gasteiger partial charge in [-0.2, -0.15) is 0 Å². The number of nitrogens with one attached hydrogen (secondary N) is 1. The number of para-hydroxylation sites is 1. The van der Waals surface area contributed by atoms with Crippen LogP contribution in [-0.2, 0) is 12.8 Å². The molecule has 1 aliphatic rings. The predicted octanol–water partition coefficient (Wildman–Crippen LogP) is 3.33. The lowest BCUT2D eigenvalue weighted by molar-refractivity contribution is 0.977. The first-order valence-electron chi connectivity index (χ1n) is 5.27. The van der Waals surface area contributed by atoms with Crippen LogP contribution in [0.1, 0.15) is 11.1 Å². The Morgan fingerprint density at radius 2 is 1.73 bits per heavy atom. The van der Waals surface area contributed by atoms with E-state index in [4.69, 9.17) is 0 Å². The highest BCUT2D eigenvalue weighted by Gasteiger charge is 2.10. The van der Waals surface area contributed by atoms with Gasteiger partial charge in [-0.15, -0.1) is 0 Å². The van der Waals surface area contributed by atoms with Crippen LogP contribution >= 0.6 is 0 Å². The minimum absolute atomic E-state index is 1.09. The summed E-state index contributed by atoms with van der Waals surface area (Å²) < 4.78 is 0. The molecule has 1 heterocycles. The Hall–Kier alpha value is -1.76. The normalized spacial score (nSPS) is 13.3. The van der Waals surface area contributed by atoms with Crippen molar-refractivity contribution >= 4 is 11.4 Å². The molecule has 0 saturated carbocycles. The molecule has 3 rings (SSSR count). The zero-order valence-corrected chi connectivity index (χ0v) is 8.46. The fourth-order valence-corrected chi connectivity index (χ4v) is 2.07. The molecule has 2 aromatic rings. The Labute approximate surface area is 89.8 Å². The second kappa shape index (κ2) is 3.43. The van der Waals surface area contributed by atoms with Crippen molar-refractivity contribution in [3.63, 3.8) is 0 Å². The van der Waals surface area contributed by atoms with Crippen LogP contribution in [0.5, 0.6) is 0 Å². The SMILES string of the molecule is [c]1ccc2c(c1)CCc1ccccc1N2. The standard InChI is InChI=1S/C14H12N/c1-3-7-13-11(5-1)9-10-12-6-2-4-8-14(12)15-13/h1,3-8,15H,9-10H2. The first kappa shape index (κ1) is 8.54. The second-order valence-corrected chi connectivity index (χ2v) is 3.87. The van der Waals surface area contributed by atoms with Crippen molar-refractivity contribution in [1.82, 2.24) is 0 Å². The lowest BCUT2D eigenvalue weighted by Crippen LogP contribution is -1.92. The molecule has 73 valence electrons. The summed E-state index contributed by atoms with van der Waals surface area (Å²) in [6.07, 6.45) is 2.20. The molecule has 0 bridgehead atoms. The minimum atomic E-state index is 1.09. The zero-order valence-electron chi connectivity index (χ0n) is 8.46. The van der Waals surface area contributed by atoms with E-state index in [1.54, 1.807) is 0 Å². The molecule has 1 aliphatic heterocycles. The first-order chi connectivity index (χ1) is 7.43. The van der Waals surface area contributed by atoms with Crippen molar-refractivity contribution in [2.45, 2.75) is 12.8 Å². The maximum atomic E-state index is 3.48. The largest absolute Gasteiger partial charge is 0.355 e. The molecule has 0 aromatic heterocycles. The van der Waals surface area contributed by atoms with Crippen LogP contribution in [0, 0.1) is 6.07 Å². The smallest absolute Gasteiger partial charge is 0.0417 e. The van der Waals surface area contributed by atoms with Crippen molar-refractivity contribution in [1.29, 1.82) is 0 Å². The third kappa shape index (κ3) is 1.50. The van der Waals surface area contributed by atoms with Gasteiger partial charge in [0.15, 0.2) is 0 Å². The summed E-state index contributed by atoms with van der Waals surface area (Å²) in [7, 11) is 0. The lowest BCUT2D eigenvalue weighted by atomic mass is 10.0. The summed E-state index contributed by atoms with van der Waals surface area (Å²) in [6, 6.07) is 17.8. The van der Waals surface area contributed by atoms with Gasteiger partial charge in [-0.05, 0) is 48.2 Å². The van der Waals surface area contributed by atoms with Gasteiger partial charge in [0, 0.05) is 11.4 Å². The van der Waals surface area contributed by atoms with Crippen molar-refractivity contribution in [3.05, 3.63) is 59.7 Å². The van der Waals surface area contributed by atoms with E-state index < -0.39 is 0 Å². The quantitative estimate of drug-likeness (QED) is 0.678. The molecule has 1 nitrogen and oxygen atoms in total. The predicted molar refractivity (Wildman–Crippen MR) is 62.4 cm³/mol. The maximum absolute atomic E-state index is 3.48. The topological polar surface area (TPSA) is 12.0 Å². The third-order valence-corrected chi connectivity index (χ3v) is 2.90. The van der Waals surface area contributed by atoms with Crippen molar-refractivity contribution in [3.8, 4) is 0 Å². The van der Waals surface area contributed by atoms with E-state index in [1.807, 2.05) is 6.07 Å². The van der Waals surface area contributed by atoms with E-state index in [2.05, 4.69) is 47.8 Å². The molecular weight excluding hydrogens is 182 g/mol. The summed E-state index contributed by atoms with van der Waals surface area (Å²) >= 11 is 0. The fourth-order valence-electron chi connectivity index (χ4n) is 2.07. The van der Waals surface area contributed by atoms with E-state index in [0.717, 1.165) is 12.8 Å². The van der Waals surface area contributed by atoms with Gasteiger partial charge >= 0.3 is 0 Å². The van der Waals surface area contributed by atoms with Crippen molar-refractivity contribution < 1.29 is 0 Å². The molecule has 0 unspecified atom stereocenters. The average molecular weight is 194 g/mol. The van der Waals surface area contributed by atoms with Gasteiger partial charge in [-0.25, -0.2) is 0 Å². The van der Waals surface area contributed by atoms with Gasteiger partial charge in [0.05, 0.1) is 0 Å². The van der Waals surface area contributed by atoms with Gasteiger partial charge in [-0.1, -0.05) is 24.3 Å². The van der Waals surface area contributed by atoms with Gasteiger partial charge < -0.3 is 5.32 Å². The van der Waals surface area contributed by atoms with E-state index >= 15 is 0 Å². The van der Waals surface area contributed by atoms with Crippen LogP contribution in [0.2, 0.25) is 0 Å². The number of fused-ring (bicyclic) bond motifs is 2. The summed E-state index contributed by atoms with van der Waals surface area (Å²) in [5, 5.41) is 3.48. The fraction of sp³-hybridized carbons (Fsp3) is 0.143. The van der Waals surface area contributed by atoms with Crippen molar-refractivity contribution in [2.24, 2.45) is 0 Å². The molecule has 0 amide bonds. The monoisotopic (exact) mass is 194 g/mol. The van der Waals surface area contributed by atoms with E-state index in [-0.39, 0.29) is 0 Å². The van der Waals surface area contributed by atoms with Gasteiger partial charge in [0.25, 0.3) is 0 Å². The summed E-state index contributed by atoms with van der Waals surface area (Å²) in [4.78, 5) is 0. The molecular formula is C14H12N. The Kier molecular flexibility index (Phi) is 1.95. The van der Waals surface area contributed by atoms with Gasteiger partial charge in [0.2, 0.25) is 0 Å². The number of aryl methyl sites for hydroxylation is 2. The van der Waals surface area contributed by atoms with Crippen LogP contribution in [0.4, 0.5) is 11.4 Å². The Bertz CT molecular complexity index is 443. The molecule has 15 heavy (non-hydrogen) atoms. The summed E-state index contributed by atoms with van der Waals surface area (Å²) in [5.41, 5.74) is 5.21. The Morgan fingerprint density at radius 1 is 0.933 bits per heavy atom. The maximum Gasteiger partial charge on any atom is 0.0417 e. The highest BCUT2D eigenvalue weighted by Crippen LogP contribution is 2.29. The number of hydrogen-bond donors (Lipinski definition) is 1. The highest BCUT2D eigenvalue weighted by atomic mass is 14.9. The van der Waals surface area contributed by atoms with Gasteiger partial charge in [0.1, 0.15) is 0 Å². The molecule has 2 aromatic carbocycles. The van der Waals surface area contributed by atoms with E-state index in [0.29, 0.717) is 0 Å². The van der Waals surface area contributed by atoms with Crippen LogP contribution in [0.3, 0.4) is 0 Å². The molecule has 1 radical (unpaired) electrons. The second-order valence-electron chi connectivity index (χ2n) is 3.87. The third-order valence-electron chi connectivity index (χ3n) is 2.90. The number of rotatable bonds is 0. The van der Waals surface area contributed by atoms with Gasteiger partial charge in [-0.3, -0.25) is 0 Å². The van der Waals surface area contributed by atoms with Crippen LogP contribution in [-0.4, -0.2) is 0 Å². The minimum Gasteiger partial charge on any atom is -0.355 e. The number of benzene rings is 2. The first-order valence-corrected chi connectivity index (χ1v) is 5.27. The molecule has 0 spiro atoms. The van der Waals surface area contributed by atoms with Crippen LogP contribution < -0.4 is 5.32 Å². The molecule has 1 heteroatoms. The number of hydrogen-bond acceptors (Lipinski definition) is 1. The summed E-state index contributed by atoms with van der Waals surface area (Å²) in [6.45, 7) is 0. The lowest BCUT2D eigenvalue weighted by Gasteiger charge is -2.08. The molecule has 0 saturated heterocycles. The number of anilines is 2. The Balaban J connectivity index is 2.10.